The first kappa shape index (κ1) is 18.4. The van der Waals surface area contributed by atoms with E-state index >= 15 is 0 Å². The first-order chi connectivity index (χ1) is 12.1. The molecule has 1 amide bonds. The van der Waals surface area contributed by atoms with Crippen LogP contribution in [0.2, 0.25) is 0 Å². The zero-order chi connectivity index (χ0) is 17.6. The molecule has 3 rings (SSSR count). The van der Waals surface area contributed by atoms with Crippen molar-refractivity contribution < 1.29 is 9.90 Å². The Morgan fingerprint density at radius 3 is 2.76 bits per heavy atom. The monoisotopic (exact) mass is 345 g/mol. The summed E-state index contributed by atoms with van der Waals surface area (Å²) in [5.41, 5.74) is 1.36. The number of hydrogen-bond donors (Lipinski definition) is 1. The Labute approximate surface area is 151 Å². The Balaban J connectivity index is 1.46. The molecule has 1 N–H and O–H groups in total. The lowest BCUT2D eigenvalue weighted by molar-refractivity contribution is -0.129. The van der Waals surface area contributed by atoms with Crippen molar-refractivity contribution in [2.45, 2.75) is 44.4 Å². The summed E-state index contributed by atoms with van der Waals surface area (Å²) < 4.78 is 0. The standard InChI is InChI=1S/C20H31N3O2/c1-21(15-19(24)16-23-12-6-10-20(23)25)18-9-5-11-22(14-18)13-17-7-3-2-4-8-17/h2-4,7-8,18-19,24H,5-6,9-16H2,1H3. The van der Waals surface area contributed by atoms with Gasteiger partial charge in [0.2, 0.25) is 5.91 Å². The molecule has 1 aromatic rings. The van der Waals surface area contributed by atoms with Crippen molar-refractivity contribution in [2.75, 3.05) is 39.8 Å². The molecule has 5 heteroatoms. The molecule has 0 bridgehead atoms. The van der Waals surface area contributed by atoms with E-state index in [9.17, 15) is 9.90 Å². The van der Waals surface area contributed by atoms with E-state index in [1.165, 1.54) is 18.4 Å². The van der Waals surface area contributed by atoms with E-state index in [1.54, 1.807) is 4.90 Å². The number of benzene rings is 1. The molecule has 2 aliphatic rings. The van der Waals surface area contributed by atoms with Gasteiger partial charge in [0.15, 0.2) is 0 Å². The number of nitrogens with zero attached hydrogens (tertiary/aromatic N) is 3. The molecule has 2 aliphatic heterocycles. The smallest absolute Gasteiger partial charge is 0.222 e. The predicted molar refractivity (Wildman–Crippen MR) is 99.2 cm³/mol. The highest BCUT2D eigenvalue weighted by Gasteiger charge is 2.27. The normalized spacial score (nSPS) is 23.4. The van der Waals surface area contributed by atoms with Crippen LogP contribution in [-0.4, -0.2) is 77.6 Å². The van der Waals surface area contributed by atoms with Gasteiger partial charge in [-0.3, -0.25) is 14.6 Å². The van der Waals surface area contributed by atoms with E-state index in [0.29, 0.717) is 25.6 Å². The summed E-state index contributed by atoms with van der Waals surface area (Å²) in [7, 11) is 2.10. The molecular formula is C20H31N3O2. The summed E-state index contributed by atoms with van der Waals surface area (Å²) >= 11 is 0. The van der Waals surface area contributed by atoms with Crippen molar-refractivity contribution in [2.24, 2.45) is 0 Å². The lowest BCUT2D eigenvalue weighted by atomic mass is 10.0. The van der Waals surface area contributed by atoms with Crippen molar-refractivity contribution >= 4 is 5.91 Å². The average Bonchev–Trinajstić information content (AvgIpc) is 3.00. The van der Waals surface area contributed by atoms with Crippen molar-refractivity contribution in [3.8, 4) is 0 Å². The Morgan fingerprint density at radius 1 is 1.24 bits per heavy atom. The summed E-state index contributed by atoms with van der Waals surface area (Å²) in [4.78, 5) is 18.3. The van der Waals surface area contributed by atoms with Crippen LogP contribution in [0, 0.1) is 0 Å². The van der Waals surface area contributed by atoms with Crippen molar-refractivity contribution in [1.29, 1.82) is 0 Å². The highest BCUT2D eigenvalue weighted by atomic mass is 16.3. The van der Waals surface area contributed by atoms with Gasteiger partial charge < -0.3 is 10.0 Å². The van der Waals surface area contributed by atoms with E-state index in [1.807, 2.05) is 0 Å². The van der Waals surface area contributed by atoms with Crippen LogP contribution in [0.5, 0.6) is 0 Å². The fourth-order valence-corrected chi connectivity index (χ4v) is 4.07. The minimum atomic E-state index is -0.462. The van der Waals surface area contributed by atoms with Gasteiger partial charge in [-0.05, 0) is 38.4 Å². The SMILES string of the molecule is CN(CC(O)CN1CCCC1=O)C1CCCN(Cc2ccccc2)C1. The maximum absolute atomic E-state index is 11.7. The number of rotatable bonds is 7. The fourth-order valence-electron chi connectivity index (χ4n) is 4.07. The van der Waals surface area contributed by atoms with Gasteiger partial charge in [-0.15, -0.1) is 0 Å². The molecule has 2 atom stereocenters. The molecule has 0 aliphatic carbocycles. The molecule has 0 saturated carbocycles. The summed E-state index contributed by atoms with van der Waals surface area (Å²) in [5, 5.41) is 10.4. The highest BCUT2D eigenvalue weighted by Crippen LogP contribution is 2.18. The van der Waals surface area contributed by atoms with Crippen LogP contribution in [0.1, 0.15) is 31.2 Å². The summed E-state index contributed by atoms with van der Waals surface area (Å²) in [5.74, 6) is 0.188. The van der Waals surface area contributed by atoms with Gasteiger partial charge in [0.1, 0.15) is 0 Å². The summed E-state index contributed by atoms with van der Waals surface area (Å²) in [6.45, 7) is 5.09. The quantitative estimate of drug-likeness (QED) is 0.815. The molecule has 0 spiro atoms. The maximum atomic E-state index is 11.7. The van der Waals surface area contributed by atoms with Crippen LogP contribution in [0.15, 0.2) is 30.3 Å². The van der Waals surface area contributed by atoms with Crippen LogP contribution < -0.4 is 0 Å². The minimum Gasteiger partial charge on any atom is -0.390 e. The van der Waals surface area contributed by atoms with E-state index in [0.717, 1.165) is 32.6 Å². The van der Waals surface area contributed by atoms with Gasteiger partial charge in [-0.1, -0.05) is 30.3 Å². The topological polar surface area (TPSA) is 47.0 Å². The van der Waals surface area contributed by atoms with E-state index in [4.69, 9.17) is 0 Å². The van der Waals surface area contributed by atoms with Crippen LogP contribution in [-0.2, 0) is 11.3 Å². The number of carbonyl (C=O) groups is 1. The number of β-amino-alcohol motifs (C(OH)–C–C–N with tert-alkyl or cyclic N) is 1. The molecular weight excluding hydrogens is 314 g/mol. The summed E-state index contributed by atoms with van der Waals surface area (Å²) in [6.07, 6.45) is 3.48. The fraction of sp³-hybridized carbons (Fsp3) is 0.650. The maximum Gasteiger partial charge on any atom is 0.222 e. The third kappa shape index (κ3) is 5.27. The van der Waals surface area contributed by atoms with Crippen molar-refractivity contribution in [1.82, 2.24) is 14.7 Å². The number of piperidine rings is 1. The van der Waals surface area contributed by atoms with E-state index in [2.05, 4.69) is 47.2 Å². The van der Waals surface area contributed by atoms with E-state index in [-0.39, 0.29) is 5.91 Å². The van der Waals surface area contributed by atoms with Gasteiger partial charge >= 0.3 is 0 Å². The Morgan fingerprint density at radius 2 is 2.04 bits per heavy atom. The number of amides is 1. The third-order valence-electron chi connectivity index (χ3n) is 5.45. The lowest BCUT2D eigenvalue weighted by Gasteiger charge is -2.38. The second-order valence-corrected chi connectivity index (χ2v) is 7.55. The summed E-state index contributed by atoms with van der Waals surface area (Å²) in [6, 6.07) is 11.1. The second-order valence-electron chi connectivity index (χ2n) is 7.55. The molecule has 1 aromatic carbocycles. The number of aliphatic hydroxyl groups excluding tert-OH is 1. The lowest BCUT2D eigenvalue weighted by Crippen LogP contribution is -2.49. The first-order valence-corrected chi connectivity index (χ1v) is 9.54. The Bertz CT molecular complexity index is 551. The Hall–Kier alpha value is -1.43. The third-order valence-corrected chi connectivity index (χ3v) is 5.45. The highest BCUT2D eigenvalue weighted by molar-refractivity contribution is 5.78. The molecule has 0 radical (unpaired) electrons. The van der Waals surface area contributed by atoms with Gasteiger partial charge in [-0.2, -0.15) is 0 Å². The molecule has 2 unspecified atom stereocenters. The molecule has 2 fully saturated rings. The van der Waals surface area contributed by atoms with Gasteiger partial charge in [-0.25, -0.2) is 0 Å². The molecule has 138 valence electrons. The number of likely N-dealkylation sites (tertiary alicyclic amines) is 2. The number of hydrogen-bond acceptors (Lipinski definition) is 4. The van der Waals surface area contributed by atoms with Crippen LogP contribution in [0.4, 0.5) is 0 Å². The van der Waals surface area contributed by atoms with Crippen molar-refractivity contribution in [3.63, 3.8) is 0 Å². The zero-order valence-electron chi connectivity index (χ0n) is 15.3. The zero-order valence-corrected chi connectivity index (χ0v) is 15.3. The largest absolute Gasteiger partial charge is 0.390 e. The van der Waals surface area contributed by atoms with Crippen molar-refractivity contribution in [3.05, 3.63) is 35.9 Å². The molecule has 5 nitrogen and oxygen atoms in total. The number of likely N-dealkylation sites (N-methyl/N-ethyl adjacent to an activating group) is 1. The minimum absolute atomic E-state index is 0.188. The number of aliphatic hydroxyl groups is 1. The van der Waals surface area contributed by atoms with E-state index < -0.39 is 6.10 Å². The second kappa shape index (κ2) is 8.79. The van der Waals surface area contributed by atoms with Crippen LogP contribution in [0.3, 0.4) is 0 Å². The molecule has 2 saturated heterocycles. The average molecular weight is 345 g/mol. The molecule has 25 heavy (non-hydrogen) atoms. The van der Waals surface area contributed by atoms with Gasteiger partial charge in [0.25, 0.3) is 0 Å². The predicted octanol–water partition coefficient (Wildman–Crippen LogP) is 1.57. The van der Waals surface area contributed by atoms with Crippen LogP contribution >= 0.6 is 0 Å². The van der Waals surface area contributed by atoms with Crippen LogP contribution in [0.25, 0.3) is 0 Å². The Kier molecular flexibility index (Phi) is 6.45. The first-order valence-electron chi connectivity index (χ1n) is 9.54. The molecule has 0 aromatic heterocycles. The molecule has 2 heterocycles. The van der Waals surface area contributed by atoms with Gasteiger partial charge in [0, 0.05) is 45.2 Å². The number of carbonyl (C=O) groups excluding carboxylic acids is 1. The van der Waals surface area contributed by atoms with Gasteiger partial charge in [0.05, 0.1) is 6.10 Å².